The van der Waals surface area contributed by atoms with Gasteiger partial charge in [0.2, 0.25) is 10.0 Å². The monoisotopic (exact) mass is 616 g/mol. The summed E-state index contributed by atoms with van der Waals surface area (Å²) in [6.07, 6.45) is 0. The van der Waals surface area contributed by atoms with Crippen LogP contribution in [0.3, 0.4) is 0 Å². The van der Waals surface area contributed by atoms with Crippen LogP contribution in [0.1, 0.15) is 25.7 Å². The number of ether oxygens (including phenoxy) is 1. The molecule has 1 fully saturated rings. The third-order valence-electron chi connectivity index (χ3n) is 5.91. The third-order valence-corrected chi connectivity index (χ3v) is 8.83. The number of nitrogens with one attached hydrogen (secondary N) is 1. The van der Waals surface area contributed by atoms with Gasteiger partial charge in [0.1, 0.15) is 10.6 Å². The molecule has 1 aliphatic rings. The van der Waals surface area contributed by atoms with Crippen molar-refractivity contribution in [1.82, 2.24) is 24.4 Å². The van der Waals surface area contributed by atoms with Crippen LogP contribution in [0.2, 0.25) is 10.0 Å². The number of piperazine rings is 1. The summed E-state index contributed by atoms with van der Waals surface area (Å²) in [6, 6.07) is 10.3. The second-order valence-corrected chi connectivity index (χ2v) is 11.9. The van der Waals surface area contributed by atoms with Crippen molar-refractivity contribution in [2.24, 2.45) is 0 Å². The van der Waals surface area contributed by atoms with E-state index < -0.39 is 16.1 Å². The van der Waals surface area contributed by atoms with E-state index in [0.29, 0.717) is 22.6 Å². The summed E-state index contributed by atoms with van der Waals surface area (Å²) in [5.41, 5.74) is 1.08. The number of benzene rings is 2. The van der Waals surface area contributed by atoms with Gasteiger partial charge in [-0.15, -0.1) is 5.10 Å². The molecule has 4 rings (SSSR count). The fraction of sp³-hybridized carbons (Fsp3) is 0.391. The Hall–Kier alpha value is -1.89. The van der Waals surface area contributed by atoms with Gasteiger partial charge in [0.05, 0.1) is 16.1 Å². The molecule has 2 heterocycles. The van der Waals surface area contributed by atoms with E-state index in [1.165, 1.54) is 12.1 Å². The number of rotatable bonds is 8. The normalized spacial score (nSPS) is 15.8. The van der Waals surface area contributed by atoms with E-state index in [-0.39, 0.29) is 21.0 Å². The van der Waals surface area contributed by atoms with Crippen LogP contribution in [-0.4, -0.2) is 61.3 Å². The molecule has 2 aromatic carbocycles. The molecule has 1 aromatic heterocycles. The maximum Gasteiger partial charge on any atom is 0.322 e. The van der Waals surface area contributed by atoms with Crippen molar-refractivity contribution >= 4 is 54.8 Å². The highest BCUT2D eigenvalue weighted by atomic mass is 79.9. The first-order valence-corrected chi connectivity index (χ1v) is 14.4. The highest BCUT2D eigenvalue weighted by Crippen LogP contribution is 2.34. The number of halogens is 3. The predicted molar refractivity (Wildman–Crippen MR) is 145 cm³/mol. The van der Waals surface area contributed by atoms with E-state index in [0.717, 1.165) is 31.9 Å². The van der Waals surface area contributed by atoms with Gasteiger partial charge in [-0.05, 0) is 45.2 Å². The van der Waals surface area contributed by atoms with E-state index in [1.807, 2.05) is 25.1 Å². The average molecular weight is 618 g/mol. The number of aromatic nitrogens is 3. The number of sulfonamides is 1. The van der Waals surface area contributed by atoms with Gasteiger partial charge in [-0.25, -0.2) is 13.1 Å². The molecule has 1 N–H and O–H groups in total. The van der Waals surface area contributed by atoms with Crippen molar-refractivity contribution in [1.29, 1.82) is 0 Å². The smallest absolute Gasteiger partial charge is 0.322 e. The summed E-state index contributed by atoms with van der Waals surface area (Å²) in [4.78, 5) is 4.43. The summed E-state index contributed by atoms with van der Waals surface area (Å²) in [5.74, 6) is 1.03. The van der Waals surface area contributed by atoms with Crippen LogP contribution in [-0.2, 0) is 16.6 Å². The minimum atomic E-state index is -4.05. The molecule has 0 unspecified atom stereocenters. The average Bonchev–Trinajstić information content (AvgIpc) is 3.21. The molecule has 0 aliphatic carbocycles. The van der Waals surface area contributed by atoms with Crippen LogP contribution >= 0.6 is 39.1 Å². The van der Waals surface area contributed by atoms with Crippen LogP contribution in [0, 0.1) is 0 Å². The summed E-state index contributed by atoms with van der Waals surface area (Å²) >= 11 is 15.6. The van der Waals surface area contributed by atoms with E-state index in [1.54, 1.807) is 11.5 Å². The highest BCUT2D eigenvalue weighted by molar-refractivity contribution is 9.10. The minimum Gasteiger partial charge on any atom is -0.424 e. The minimum absolute atomic E-state index is 0.00953. The van der Waals surface area contributed by atoms with Crippen LogP contribution in [0.4, 0.5) is 5.69 Å². The molecule has 0 radical (unpaired) electrons. The molecule has 36 heavy (non-hydrogen) atoms. The summed E-state index contributed by atoms with van der Waals surface area (Å²) in [6.45, 7) is 7.95. The molecule has 13 heteroatoms. The van der Waals surface area contributed by atoms with Crippen LogP contribution in [0.25, 0.3) is 0 Å². The van der Waals surface area contributed by atoms with Crippen molar-refractivity contribution in [3.63, 3.8) is 0 Å². The zero-order chi connectivity index (χ0) is 26.0. The number of anilines is 1. The lowest BCUT2D eigenvalue weighted by molar-refractivity contribution is 0.312. The maximum absolute atomic E-state index is 13.1. The SMILES string of the molecule is CCn1c(Oc2cccc(N3CCN(C)CC3)c2)nnc1[C@@H](C)NS(=O)(=O)c1c(Cl)cc(Br)cc1Cl. The quantitative estimate of drug-likeness (QED) is 0.382. The number of hydrogen-bond donors (Lipinski definition) is 1. The van der Waals surface area contributed by atoms with Gasteiger partial charge in [-0.1, -0.05) is 50.3 Å². The summed E-state index contributed by atoms with van der Waals surface area (Å²) in [5, 5.41) is 8.41. The van der Waals surface area contributed by atoms with Crippen molar-refractivity contribution in [2.45, 2.75) is 31.3 Å². The Kier molecular flexibility index (Phi) is 8.48. The Balaban J connectivity index is 1.54. The Bertz CT molecular complexity index is 1320. The molecule has 0 saturated carbocycles. The van der Waals surface area contributed by atoms with Gasteiger partial charge in [0.25, 0.3) is 0 Å². The van der Waals surface area contributed by atoms with E-state index in [2.05, 4.69) is 53.8 Å². The highest BCUT2D eigenvalue weighted by Gasteiger charge is 2.28. The second kappa shape index (κ2) is 11.2. The van der Waals surface area contributed by atoms with E-state index >= 15 is 0 Å². The third kappa shape index (κ3) is 5.98. The van der Waals surface area contributed by atoms with Crippen LogP contribution in [0.5, 0.6) is 11.8 Å². The second-order valence-electron chi connectivity index (χ2n) is 8.52. The molecule has 3 aromatic rings. The summed E-state index contributed by atoms with van der Waals surface area (Å²) in [7, 11) is -1.93. The molecule has 0 amide bonds. The van der Waals surface area contributed by atoms with Crippen LogP contribution < -0.4 is 14.4 Å². The van der Waals surface area contributed by atoms with Crippen LogP contribution in [0.15, 0.2) is 45.8 Å². The molecule has 1 aliphatic heterocycles. The predicted octanol–water partition coefficient (Wildman–Crippen LogP) is 4.95. The first kappa shape index (κ1) is 27.2. The molecule has 0 bridgehead atoms. The number of nitrogens with zero attached hydrogens (tertiary/aromatic N) is 5. The maximum atomic E-state index is 13.1. The Morgan fingerprint density at radius 3 is 2.42 bits per heavy atom. The number of hydrogen-bond acceptors (Lipinski definition) is 7. The lowest BCUT2D eigenvalue weighted by atomic mass is 10.2. The topological polar surface area (TPSA) is 92.6 Å². The van der Waals surface area contributed by atoms with Gasteiger partial charge in [-0.3, -0.25) is 4.57 Å². The lowest BCUT2D eigenvalue weighted by Gasteiger charge is -2.34. The van der Waals surface area contributed by atoms with E-state index in [4.69, 9.17) is 27.9 Å². The van der Waals surface area contributed by atoms with Gasteiger partial charge in [0, 0.05) is 49.0 Å². The first-order chi connectivity index (χ1) is 17.1. The number of likely N-dealkylation sites (N-methyl/N-ethyl adjacent to an activating group) is 1. The van der Waals surface area contributed by atoms with Gasteiger partial charge < -0.3 is 14.5 Å². The Labute approximate surface area is 229 Å². The standard InChI is InChI=1S/C23H27BrCl2N6O3S/c1-4-32-22(15(2)29-36(33,34)21-19(25)12-16(24)13-20(21)26)27-28-23(32)35-18-7-5-6-17(14-18)31-10-8-30(3)9-11-31/h5-7,12-15,29H,4,8-11H2,1-3H3/t15-/m1/s1. The van der Waals surface area contributed by atoms with Crippen molar-refractivity contribution < 1.29 is 13.2 Å². The zero-order valence-corrected chi connectivity index (χ0v) is 24.0. The largest absolute Gasteiger partial charge is 0.424 e. The van der Waals surface area contributed by atoms with Gasteiger partial charge in [-0.2, -0.15) is 0 Å². The fourth-order valence-electron chi connectivity index (χ4n) is 4.04. The Morgan fingerprint density at radius 1 is 1.11 bits per heavy atom. The Morgan fingerprint density at radius 2 is 1.78 bits per heavy atom. The molecular weight excluding hydrogens is 591 g/mol. The first-order valence-electron chi connectivity index (χ1n) is 11.4. The summed E-state index contributed by atoms with van der Waals surface area (Å²) < 4.78 is 37.1. The lowest BCUT2D eigenvalue weighted by Crippen LogP contribution is -2.44. The van der Waals surface area contributed by atoms with Gasteiger partial charge in [0.15, 0.2) is 5.82 Å². The molecule has 9 nitrogen and oxygen atoms in total. The molecule has 194 valence electrons. The fourth-order valence-corrected chi connectivity index (χ4v) is 7.17. The van der Waals surface area contributed by atoms with Crippen molar-refractivity contribution in [2.75, 3.05) is 38.1 Å². The molecule has 1 saturated heterocycles. The van der Waals surface area contributed by atoms with E-state index in [9.17, 15) is 8.42 Å². The molecule has 1 atom stereocenters. The van der Waals surface area contributed by atoms with Crippen molar-refractivity contribution in [3.8, 4) is 11.8 Å². The van der Waals surface area contributed by atoms with Crippen molar-refractivity contribution in [3.05, 3.63) is 56.7 Å². The van der Waals surface area contributed by atoms with Gasteiger partial charge >= 0.3 is 6.01 Å². The molecule has 0 spiro atoms. The molecular formula is C23H27BrCl2N6O3S. The zero-order valence-electron chi connectivity index (χ0n) is 20.1.